The maximum atomic E-state index is 12.3. The van der Waals surface area contributed by atoms with E-state index in [4.69, 9.17) is 0 Å². The Hall–Kier alpha value is -0.100. The molecule has 0 aliphatic heterocycles. The standard InChI is InChI=1S/C11H22BrNO3S/c1-9(2)13(8-6-7-12)10(14)11(3,4)17(5,15)16/h9H,6-8H2,1-5H3. The Morgan fingerprint density at radius 2 is 1.82 bits per heavy atom. The lowest BCUT2D eigenvalue weighted by Crippen LogP contribution is -2.52. The van der Waals surface area contributed by atoms with Crippen LogP contribution in [0.2, 0.25) is 0 Å². The van der Waals surface area contributed by atoms with Gasteiger partial charge in [0, 0.05) is 24.2 Å². The van der Waals surface area contributed by atoms with Gasteiger partial charge in [0.25, 0.3) is 0 Å². The van der Waals surface area contributed by atoms with E-state index in [2.05, 4.69) is 15.9 Å². The summed E-state index contributed by atoms with van der Waals surface area (Å²) in [5.74, 6) is -0.323. The second-order valence-corrected chi connectivity index (χ2v) is 8.28. The number of hydrogen-bond donors (Lipinski definition) is 0. The highest BCUT2D eigenvalue weighted by Crippen LogP contribution is 2.20. The van der Waals surface area contributed by atoms with Crippen LogP contribution in [0.15, 0.2) is 0 Å². The quantitative estimate of drug-likeness (QED) is 0.699. The minimum atomic E-state index is -3.41. The van der Waals surface area contributed by atoms with E-state index in [1.165, 1.54) is 13.8 Å². The van der Waals surface area contributed by atoms with Crippen molar-refractivity contribution in [3.63, 3.8) is 0 Å². The van der Waals surface area contributed by atoms with E-state index >= 15 is 0 Å². The first kappa shape index (κ1) is 16.9. The summed E-state index contributed by atoms with van der Waals surface area (Å²) in [5.41, 5.74) is 0. The molecule has 0 aliphatic rings. The molecule has 0 rings (SSSR count). The summed E-state index contributed by atoms with van der Waals surface area (Å²) in [5, 5.41) is 0.794. The molecule has 0 bridgehead atoms. The maximum absolute atomic E-state index is 12.3. The minimum Gasteiger partial charge on any atom is -0.339 e. The molecule has 0 saturated carbocycles. The number of hydrogen-bond acceptors (Lipinski definition) is 3. The molecule has 0 N–H and O–H groups in total. The number of alkyl halides is 1. The molecule has 4 nitrogen and oxygen atoms in total. The smallest absolute Gasteiger partial charge is 0.243 e. The van der Waals surface area contributed by atoms with Gasteiger partial charge in [-0.1, -0.05) is 15.9 Å². The van der Waals surface area contributed by atoms with Gasteiger partial charge in [-0.2, -0.15) is 0 Å². The van der Waals surface area contributed by atoms with Crippen molar-refractivity contribution in [1.82, 2.24) is 4.90 Å². The van der Waals surface area contributed by atoms with Crippen molar-refractivity contribution < 1.29 is 13.2 Å². The molecule has 0 unspecified atom stereocenters. The van der Waals surface area contributed by atoms with Crippen LogP contribution in [0.1, 0.15) is 34.1 Å². The summed E-state index contributed by atoms with van der Waals surface area (Å²) < 4.78 is 21.9. The molecule has 1 amide bonds. The largest absolute Gasteiger partial charge is 0.339 e. The average molecular weight is 328 g/mol. The molecule has 102 valence electrons. The molecule has 0 aromatic heterocycles. The lowest BCUT2D eigenvalue weighted by Gasteiger charge is -2.33. The highest BCUT2D eigenvalue weighted by atomic mass is 79.9. The molecule has 17 heavy (non-hydrogen) atoms. The van der Waals surface area contributed by atoms with Gasteiger partial charge in [0.2, 0.25) is 5.91 Å². The second-order valence-electron chi connectivity index (χ2n) is 4.92. The van der Waals surface area contributed by atoms with Gasteiger partial charge < -0.3 is 4.90 Å². The van der Waals surface area contributed by atoms with Gasteiger partial charge in [-0.15, -0.1) is 0 Å². The molecule has 0 aromatic carbocycles. The number of halogens is 1. The number of carbonyl (C=O) groups is 1. The maximum Gasteiger partial charge on any atom is 0.243 e. The second kappa shape index (κ2) is 6.18. The van der Waals surface area contributed by atoms with Gasteiger partial charge in [0.15, 0.2) is 9.84 Å². The van der Waals surface area contributed by atoms with Crippen LogP contribution in [0.3, 0.4) is 0 Å². The fourth-order valence-corrected chi connectivity index (χ4v) is 2.01. The van der Waals surface area contributed by atoms with Gasteiger partial charge in [0.05, 0.1) is 0 Å². The van der Waals surface area contributed by atoms with E-state index in [9.17, 15) is 13.2 Å². The lowest BCUT2D eigenvalue weighted by atomic mass is 10.1. The molecule has 0 fully saturated rings. The zero-order valence-corrected chi connectivity index (χ0v) is 13.6. The molecule has 0 aromatic rings. The van der Waals surface area contributed by atoms with Gasteiger partial charge >= 0.3 is 0 Å². The highest BCUT2D eigenvalue weighted by molar-refractivity contribution is 9.09. The fraction of sp³-hybridized carbons (Fsp3) is 0.909. The van der Waals surface area contributed by atoms with Crippen LogP contribution in [0.5, 0.6) is 0 Å². The first-order chi connectivity index (χ1) is 7.55. The Labute approximate surface area is 113 Å². The van der Waals surface area contributed by atoms with Gasteiger partial charge in [-0.05, 0) is 34.1 Å². The van der Waals surface area contributed by atoms with Crippen molar-refractivity contribution in [2.24, 2.45) is 0 Å². The predicted molar refractivity (Wildman–Crippen MR) is 74.2 cm³/mol. The lowest BCUT2D eigenvalue weighted by molar-refractivity contribution is -0.134. The number of nitrogens with zero attached hydrogens (tertiary/aromatic N) is 1. The summed E-state index contributed by atoms with van der Waals surface area (Å²) in [4.78, 5) is 13.9. The highest BCUT2D eigenvalue weighted by Gasteiger charge is 2.41. The summed E-state index contributed by atoms with van der Waals surface area (Å²) in [6.07, 6.45) is 1.91. The Kier molecular flexibility index (Phi) is 6.14. The van der Waals surface area contributed by atoms with Crippen molar-refractivity contribution in [2.75, 3.05) is 18.1 Å². The van der Waals surface area contributed by atoms with Crippen molar-refractivity contribution in [2.45, 2.75) is 44.9 Å². The third kappa shape index (κ3) is 4.25. The van der Waals surface area contributed by atoms with Crippen molar-refractivity contribution in [1.29, 1.82) is 0 Å². The molecule has 0 heterocycles. The number of amides is 1. The third-order valence-corrected chi connectivity index (χ3v) is 5.45. The first-order valence-corrected chi connectivity index (χ1v) is 8.63. The van der Waals surface area contributed by atoms with E-state index in [-0.39, 0.29) is 11.9 Å². The topological polar surface area (TPSA) is 54.5 Å². The van der Waals surface area contributed by atoms with Crippen LogP contribution in [-0.4, -0.2) is 48.1 Å². The van der Waals surface area contributed by atoms with E-state index in [0.29, 0.717) is 6.54 Å². The molecule has 0 spiro atoms. The summed E-state index contributed by atoms with van der Waals surface area (Å²) in [6, 6.07) is 0.00238. The monoisotopic (exact) mass is 327 g/mol. The van der Waals surface area contributed by atoms with Crippen molar-refractivity contribution in [3.05, 3.63) is 0 Å². The van der Waals surface area contributed by atoms with E-state index in [1.54, 1.807) is 4.90 Å². The fourth-order valence-electron chi connectivity index (χ4n) is 1.33. The normalized spacial score (nSPS) is 12.9. The molecule has 0 atom stereocenters. The molecule has 0 radical (unpaired) electrons. The molecule has 6 heteroatoms. The van der Waals surface area contributed by atoms with E-state index in [0.717, 1.165) is 18.0 Å². The zero-order valence-electron chi connectivity index (χ0n) is 11.2. The Balaban J connectivity index is 5.09. The van der Waals surface area contributed by atoms with Gasteiger partial charge in [-0.25, -0.2) is 8.42 Å². The van der Waals surface area contributed by atoms with Gasteiger partial charge in [-0.3, -0.25) is 4.79 Å². The number of rotatable bonds is 6. The van der Waals surface area contributed by atoms with Crippen molar-refractivity contribution >= 4 is 31.7 Å². The van der Waals surface area contributed by atoms with Crippen LogP contribution >= 0.6 is 15.9 Å². The van der Waals surface area contributed by atoms with Crippen LogP contribution in [0.4, 0.5) is 0 Å². The number of carbonyl (C=O) groups excluding carboxylic acids is 1. The van der Waals surface area contributed by atoms with Crippen LogP contribution < -0.4 is 0 Å². The Bertz CT molecular complexity index is 363. The zero-order chi connectivity index (χ0) is 13.9. The van der Waals surface area contributed by atoms with Crippen LogP contribution in [0.25, 0.3) is 0 Å². The van der Waals surface area contributed by atoms with E-state index < -0.39 is 14.6 Å². The predicted octanol–water partition coefficient (Wildman–Crippen LogP) is 1.83. The average Bonchev–Trinajstić information content (AvgIpc) is 2.15. The van der Waals surface area contributed by atoms with Crippen LogP contribution in [0, 0.1) is 0 Å². The third-order valence-electron chi connectivity index (χ3n) is 2.86. The summed E-state index contributed by atoms with van der Waals surface area (Å²) in [7, 11) is -3.41. The first-order valence-electron chi connectivity index (χ1n) is 5.62. The molecule has 0 aliphatic carbocycles. The van der Waals surface area contributed by atoms with Gasteiger partial charge in [0.1, 0.15) is 4.75 Å². The van der Waals surface area contributed by atoms with Crippen molar-refractivity contribution in [3.8, 4) is 0 Å². The Morgan fingerprint density at radius 1 is 1.35 bits per heavy atom. The minimum absolute atomic E-state index is 0.00238. The summed E-state index contributed by atoms with van der Waals surface area (Å²) >= 11 is 3.31. The van der Waals surface area contributed by atoms with Crippen LogP contribution in [-0.2, 0) is 14.6 Å². The number of sulfone groups is 1. The molecular weight excluding hydrogens is 306 g/mol. The SMILES string of the molecule is CC(C)N(CCCBr)C(=O)C(C)(C)S(C)(=O)=O. The summed E-state index contributed by atoms with van der Waals surface area (Å²) in [6.45, 7) is 7.29. The molecular formula is C11H22BrNO3S. The molecule has 0 saturated heterocycles. The van der Waals surface area contributed by atoms with E-state index in [1.807, 2.05) is 13.8 Å². The Morgan fingerprint density at radius 3 is 2.12 bits per heavy atom.